The fraction of sp³-hybridized carbons (Fsp3) is 0.533. The van der Waals surface area contributed by atoms with E-state index >= 15 is 0 Å². The molecule has 0 saturated carbocycles. The predicted octanol–water partition coefficient (Wildman–Crippen LogP) is 1.32. The fourth-order valence-corrected chi connectivity index (χ4v) is 2.71. The first-order chi connectivity index (χ1) is 10.3. The van der Waals surface area contributed by atoms with Crippen LogP contribution in [0.5, 0.6) is 0 Å². The van der Waals surface area contributed by atoms with Gasteiger partial charge in [-0.25, -0.2) is 4.68 Å². The summed E-state index contributed by atoms with van der Waals surface area (Å²) in [6.07, 6.45) is 1.04. The molecule has 1 amide bonds. The average Bonchev–Trinajstić information content (AvgIpc) is 3.15. The summed E-state index contributed by atoms with van der Waals surface area (Å²) < 4.78 is 7.05. The van der Waals surface area contributed by atoms with Crippen LogP contribution < -0.4 is 0 Å². The van der Waals surface area contributed by atoms with E-state index in [1.54, 1.807) is 4.68 Å². The Morgan fingerprint density at radius 2 is 2.33 bits per heavy atom. The van der Waals surface area contributed by atoms with Gasteiger partial charge in [0, 0.05) is 25.6 Å². The number of fused-ring (bicyclic) bond motifs is 1. The van der Waals surface area contributed by atoms with Gasteiger partial charge in [0.2, 0.25) is 5.91 Å². The molecule has 1 aliphatic heterocycles. The normalized spacial score (nSPS) is 18.2. The number of benzene rings is 1. The van der Waals surface area contributed by atoms with E-state index in [2.05, 4.69) is 10.3 Å². The molecule has 0 N–H and O–H groups in total. The summed E-state index contributed by atoms with van der Waals surface area (Å²) in [6, 6.07) is 7.68. The monoisotopic (exact) mass is 288 g/mol. The van der Waals surface area contributed by atoms with Gasteiger partial charge in [0.15, 0.2) is 0 Å². The van der Waals surface area contributed by atoms with E-state index < -0.39 is 0 Å². The van der Waals surface area contributed by atoms with Crippen molar-refractivity contribution in [3.05, 3.63) is 24.3 Å². The Labute approximate surface area is 123 Å². The molecule has 1 saturated heterocycles. The van der Waals surface area contributed by atoms with Gasteiger partial charge in [-0.1, -0.05) is 17.3 Å². The lowest BCUT2D eigenvalue weighted by Crippen LogP contribution is -2.37. The number of likely N-dealkylation sites (N-methyl/N-ethyl adjacent to an activating group) is 1. The number of para-hydroxylation sites is 1. The van der Waals surface area contributed by atoms with E-state index in [4.69, 9.17) is 4.74 Å². The molecule has 6 heteroatoms. The maximum atomic E-state index is 12.5. The zero-order chi connectivity index (χ0) is 14.7. The highest BCUT2D eigenvalue weighted by Gasteiger charge is 2.22. The number of aromatic nitrogens is 3. The smallest absolute Gasteiger partial charge is 0.244 e. The number of hydrogen-bond donors (Lipinski definition) is 0. The Kier molecular flexibility index (Phi) is 4.15. The lowest BCUT2D eigenvalue weighted by molar-refractivity contribution is -0.132. The summed E-state index contributed by atoms with van der Waals surface area (Å²) in [6.45, 7) is 5.29. The molecule has 21 heavy (non-hydrogen) atoms. The zero-order valence-electron chi connectivity index (χ0n) is 12.2. The molecule has 3 rings (SSSR count). The quantitative estimate of drug-likeness (QED) is 0.832. The summed E-state index contributed by atoms with van der Waals surface area (Å²) in [5, 5.41) is 8.16. The minimum atomic E-state index is 0.0834. The van der Waals surface area contributed by atoms with Crippen LogP contribution in [0, 0.1) is 5.92 Å². The predicted molar refractivity (Wildman–Crippen MR) is 78.7 cm³/mol. The second kappa shape index (κ2) is 6.22. The highest BCUT2D eigenvalue weighted by atomic mass is 16.5. The molecule has 0 spiro atoms. The van der Waals surface area contributed by atoms with Crippen LogP contribution in [0.1, 0.15) is 13.3 Å². The lowest BCUT2D eigenvalue weighted by Gasteiger charge is -2.23. The number of carbonyl (C=O) groups is 1. The van der Waals surface area contributed by atoms with Gasteiger partial charge in [-0.05, 0) is 25.5 Å². The molecule has 1 aliphatic rings. The number of rotatable bonds is 5. The highest BCUT2D eigenvalue weighted by molar-refractivity contribution is 5.79. The van der Waals surface area contributed by atoms with Crippen molar-refractivity contribution in [2.75, 3.05) is 26.3 Å². The van der Waals surface area contributed by atoms with Crippen molar-refractivity contribution in [2.45, 2.75) is 19.9 Å². The highest BCUT2D eigenvalue weighted by Crippen LogP contribution is 2.15. The number of hydrogen-bond acceptors (Lipinski definition) is 4. The van der Waals surface area contributed by atoms with Gasteiger partial charge in [0.25, 0.3) is 0 Å². The first-order valence-electron chi connectivity index (χ1n) is 7.41. The minimum absolute atomic E-state index is 0.0834. The largest absolute Gasteiger partial charge is 0.381 e. The van der Waals surface area contributed by atoms with Gasteiger partial charge in [-0.15, -0.1) is 5.10 Å². The summed E-state index contributed by atoms with van der Waals surface area (Å²) in [4.78, 5) is 14.4. The van der Waals surface area contributed by atoms with Crippen LogP contribution in [0.25, 0.3) is 11.0 Å². The average molecular weight is 288 g/mol. The molecular formula is C15H20N4O2. The molecule has 1 aromatic carbocycles. The Hall–Kier alpha value is -1.95. The van der Waals surface area contributed by atoms with E-state index in [0.29, 0.717) is 12.5 Å². The zero-order valence-corrected chi connectivity index (χ0v) is 12.2. The van der Waals surface area contributed by atoms with Crippen molar-refractivity contribution in [2.24, 2.45) is 5.92 Å². The molecular weight excluding hydrogens is 268 g/mol. The van der Waals surface area contributed by atoms with Crippen molar-refractivity contribution in [1.82, 2.24) is 19.9 Å². The van der Waals surface area contributed by atoms with E-state index in [9.17, 15) is 4.79 Å². The maximum Gasteiger partial charge on any atom is 0.244 e. The lowest BCUT2D eigenvalue weighted by atomic mass is 10.1. The third-order valence-corrected chi connectivity index (χ3v) is 3.94. The van der Waals surface area contributed by atoms with E-state index in [0.717, 1.165) is 37.2 Å². The number of nitrogens with zero attached hydrogens (tertiary/aromatic N) is 4. The van der Waals surface area contributed by atoms with Crippen LogP contribution >= 0.6 is 0 Å². The van der Waals surface area contributed by atoms with Crippen molar-refractivity contribution in [1.29, 1.82) is 0 Å². The standard InChI is InChI=1S/C15H20N4O2/c1-2-18(9-12-7-8-21-11-12)15(20)10-19-14-6-4-3-5-13(14)16-17-19/h3-6,12H,2,7-11H2,1H3/t12-/m0/s1. The van der Waals surface area contributed by atoms with Crippen LogP contribution in [-0.4, -0.2) is 52.1 Å². The number of amides is 1. The molecule has 1 atom stereocenters. The topological polar surface area (TPSA) is 60.2 Å². The van der Waals surface area contributed by atoms with Gasteiger partial charge >= 0.3 is 0 Å². The summed E-state index contributed by atoms with van der Waals surface area (Å²) >= 11 is 0. The molecule has 0 unspecified atom stereocenters. The fourth-order valence-electron chi connectivity index (χ4n) is 2.71. The minimum Gasteiger partial charge on any atom is -0.381 e. The van der Waals surface area contributed by atoms with Gasteiger partial charge in [-0.2, -0.15) is 0 Å². The summed E-state index contributed by atoms with van der Waals surface area (Å²) in [7, 11) is 0. The molecule has 1 aromatic heterocycles. The third-order valence-electron chi connectivity index (χ3n) is 3.94. The second-order valence-corrected chi connectivity index (χ2v) is 5.40. The van der Waals surface area contributed by atoms with E-state index in [-0.39, 0.29) is 12.5 Å². The number of carbonyl (C=O) groups excluding carboxylic acids is 1. The molecule has 0 aliphatic carbocycles. The van der Waals surface area contributed by atoms with Gasteiger partial charge < -0.3 is 9.64 Å². The Morgan fingerprint density at radius 3 is 3.10 bits per heavy atom. The summed E-state index contributed by atoms with van der Waals surface area (Å²) in [5.74, 6) is 0.543. The molecule has 6 nitrogen and oxygen atoms in total. The van der Waals surface area contributed by atoms with Gasteiger partial charge in [0.1, 0.15) is 12.1 Å². The molecule has 112 valence electrons. The summed E-state index contributed by atoms with van der Waals surface area (Å²) in [5.41, 5.74) is 1.71. The Balaban J connectivity index is 1.69. The van der Waals surface area contributed by atoms with E-state index in [1.165, 1.54) is 0 Å². The first kappa shape index (κ1) is 14.0. The van der Waals surface area contributed by atoms with E-state index in [1.807, 2.05) is 36.1 Å². The van der Waals surface area contributed by atoms with Gasteiger partial charge in [0.05, 0.1) is 12.1 Å². The Bertz CT molecular complexity index is 619. The third kappa shape index (κ3) is 3.05. The van der Waals surface area contributed by atoms with Gasteiger partial charge in [-0.3, -0.25) is 4.79 Å². The SMILES string of the molecule is CCN(C[C@@H]1CCOC1)C(=O)Cn1nnc2ccccc21. The number of ether oxygens (including phenoxy) is 1. The van der Waals surface area contributed by atoms with Crippen molar-refractivity contribution in [3.63, 3.8) is 0 Å². The van der Waals surface area contributed by atoms with Crippen LogP contribution in [0.2, 0.25) is 0 Å². The molecule has 2 heterocycles. The molecule has 0 bridgehead atoms. The Morgan fingerprint density at radius 1 is 1.48 bits per heavy atom. The maximum absolute atomic E-state index is 12.5. The van der Waals surface area contributed by atoms with Crippen LogP contribution in [-0.2, 0) is 16.1 Å². The molecule has 0 radical (unpaired) electrons. The first-order valence-corrected chi connectivity index (χ1v) is 7.41. The van der Waals surface area contributed by atoms with Crippen LogP contribution in [0.15, 0.2) is 24.3 Å². The van der Waals surface area contributed by atoms with Crippen molar-refractivity contribution < 1.29 is 9.53 Å². The molecule has 2 aromatic rings. The van der Waals surface area contributed by atoms with Crippen LogP contribution in [0.4, 0.5) is 0 Å². The van der Waals surface area contributed by atoms with Crippen molar-refractivity contribution >= 4 is 16.9 Å². The van der Waals surface area contributed by atoms with Crippen molar-refractivity contribution in [3.8, 4) is 0 Å². The second-order valence-electron chi connectivity index (χ2n) is 5.40. The van der Waals surface area contributed by atoms with Crippen LogP contribution in [0.3, 0.4) is 0 Å². The molecule has 1 fully saturated rings.